The summed E-state index contributed by atoms with van der Waals surface area (Å²) >= 11 is 0. The molecule has 4 nitrogen and oxygen atoms in total. The molecule has 1 N–H and O–H groups in total. The average molecular weight is 364 g/mol. The molecule has 0 bridgehead atoms. The molecule has 0 spiro atoms. The van der Waals surface area contributed by atoms with E-state index >= 15 is 0 Å². The standard InChI is InChI=1S/C19H19F3N2O2/c1-13-4-2-3-5-15(13)18(25)23-17-7-6-14(12-16(17)19(20,21)22)24-8-10-26-11-9-24/h2-7,12H,8-11H2,1H3,(H,23,25). The van der Waals surface area contributed by atoms with Gasteiger partial charge in [0.1, 0.15) is 0 Å². The number of benzene rings is 2. The number of carbonyl (C=O) groups is 1. The van der Waals surface area contributed by atoms with Crippen molar-refractivity contribution in [3.8, 4) is 0 Å². The van der Waals surface area contributed by atoms with Gasteiger partial charge in [-0.2, -0.15) is 13.2 Å². The molecule has 1 aliphatic rings. The third-order valence-electron chi connectivity index (χ3n) is 4.32. The fraction of sp³-hybridized carbons (Fsp3) is 0.316. The number of aryl methyl sites for hydroxylation is 1. The number of nitrogens with zero attached hydrogens (tertiary/aromatic N) is 1. The van der Waals surface area contributed by atoms with Gasteiger partial charge in [-0.05, 0) is 36.8 Å². The Morgan fingerprint density at radius 3 is 2.46 bits per heavy atom. The van der Waals surface area contributed by atoms with Crippen molar-refractivity contribution >= 4 is 17.3 Å². The van der Waals surface area contributed by atoms with E-state index in [1.807, 2.05) is 4.90 Å². The summed E-state index contributed by atoms with van der Waals surface area (Å²) in [5.41, 5.74) is 0.405. The highest BCUT2D eigenvalue weighted by Gasteiger charge is 2.35. The van der Waals surface area contributed by atoms with E-state index in [4.69, 9.17) is 4.74 Å². The topological polar surface area (TPSA) is 41.6 Å². The lowest BCUT2D eigenvalue weighted by Crippen LogP contribution is -2.36. The van der Waals surface area contributed by atoms with Crippen molar-refractivity contribution in [1.82, 2.24) is 0 Å². The fourth-order valence-corrected chi connectivity index (χ4v) is 2.91. The molecule has 1 aliphatic heterocycles. The summed E-state index contributed by atoms with van der Waals surface area (Å²) in [4.78, 5) is 14.2. The molecular formula is C19H19F3N2O2. The first-order chi connectivity index (χ1) is 12.4. The van der Waals surface area contributed by atoms with Gasteiger partial charge in [-0.3, -0.25) is 4.79 Å². The van der Waals surface area contributed by atoms with E-state index in [1.165, 1.54) is 6.07 Å². The number of amides is 1. The fourth-order valence-electron chi connectivity index (χ4n) is 2.91. The second-order valence-electron chi connectivity index (χ2n) is 6.10. The number of hydrogen-bond donors (Lipinski definition) is 1. The van der Waals surface area contributed by atoms with E-state index in [-0.39, 0.29) is 5.69 Å². The average Bonchev–Trinajstić information content (AvgIpc) is 2.62. The highest BCUT2D eigenvalue weighted by atomic mass is 19.4. The molecule has 26 heavy (non-hydrogen) atoms. The molecule has 0 saturated carbocycles. The van der Waals surface area contributed by atoms with Crippen molar-refractivity contribution in [2.45, 2.75) is 13.1 Å². The minimum Gasteiger partial charge on any atom is -0.378 e. The maximum atomic E-state index is 13.5. The summed E-state index contributed by atoms with van der Waals surface area (Å²) in [6.45, 7) is 3.76. The van der Waals surface area contributed by atoms with Crippen LogP contribution in [0.25, 0.3) is 0 Å². The SMILES string of the molecule is Cc1ccccc1C(=O)Nc1ccc(N2CCOCC2)cc1C(F)(F)F. The van der Waals surface area contributed by atoms with Gasteiger partial charge in [0.15, 0.2) is 0 Å². The molecule has 7 heteroatoms. The molecule has 0 atom stereocenters. The highest BCUT2D eigenvalue weighted by molar-refractivity contribution is 6.05. The Morgan fingerprint density at radius 1 is 1.12 bits per heavy atom. The second kappa shape index (κ2) is 7.37. The second-order valence-corrected chi connectivity index (χ2v) is 6.10. The van der Waals surface area contributed by atoms with Gasteiger partial charge in [0.25, 0.3) is 5.91 Å². The Labute approximate surface area is 149 Å². The number of alkyl halides is 3. The minimum absolute atomic E-state index is 0.247. The summed E-state index contributed by atoms with van der Waals surface area (Å²) in [6, 6.07) is 10.7. The number of rotatable bonds is 3. The first-order valence-corrected chi connectivity index (χ1v) is 8.27. The number of hydrogen-bond acceptors (Lipinski definition) is 3. The van der Waals surface area contributed by atoms with Crippen LogP contribution in [0.4, 0.5) is 24.5 Å². The number of halogens is 3. The zero-order chi connectivity index (χ0) is 18.7. The largest absolute Gasteiger partial charge is 0.418 e. The number of anilines is 2. The van der Waals surface area contributed by atoms with E-state index in [0.717, 1.165) is 6.07 Å². The van der Waals surface area contributed by atoms with E-state index in [0.29, 0.717) is 43.1 Å². The molecule has 0 aliphatic carbocycles. The van der Waals surface area contributed by atoms with Gasteiger partial charge in [-0.25, -0.2) is 0 Å². The van der Waals surface area contributed by atoms with Crippen molar-refractivity contribution in [1.29, 1.82) is 0 Å². The summed E-state index contributed by atoms with van der Waals surface area (Å²) in [6.07, 6.45) is -4.57. The van der Waals surface area contributed by atoms with Crippen molar-refractivity contribution in [3.05, 3.63) is 59.2 Å². The van der Waals surface area contributed by atoms with Crippen LogP contribution in [0.5, 0.6) is 0 Å². The third-order valence-corrected chi connectivity index (χ3v) is 4.32. The van der Waals surface area contributed by atoms with Crippen LogP contribution < -0.4 is 10.2 Å². The first kappa shape index (κ1) is 18.3. The Balaban J connectivity index is 1.91. The molecule has 2 aromatic rings. The van der Waals surface area contributed by atoms with Gasteiger partial charge in [0, 0.05) is 24.3 Å². The molecule has 1 heterocycles. The predicted molar refractivity (Wildman–Crippen MR) is 93.6 cm³/mol. The van der Waals surface area contributed by atoms with Gasteiger partial charge in [-0.15, -0.1) is 0 Å². The molecular weight excluding hydrogens is 345 g/mol. The molecule has 0 unspecified atom stereocenters. The Bertz CT molecular complexity index is 800. The van der Waals surface area contributed by atoms with Crippen molar-refractivity contribution in [3.63, 3.8) is 0 Å². The van der Waals surface area contributed by atoms with E-state index < -0.39 is 17.6 Å². The van der Waals surface area contributed by atoms with Crippen LogP contribution in [-0.2, 0) is 10.9 Å². The summed E-state index contributed by atoms with van der Waals surface area (Å²) in [7, 11) is 0. The predicted octanol–water partition coefficient (Wildman–Crippen LogP) is 4.10. The van der Waals surface area contributed by atoms with Gasteiger partial charge >= 0.3 is 6.18 Å². The maximum Gasteiger partial charge on any atom is 0.418 e. The van der Waals surface area contributed by atoms with Gasteiger partial charge < -0.3 is 15.0 Å². The molecule has 138 valence electrons. The van der Waals surface area contributed by atoms with Gasteiger partial charge in [-0.1, -0.05) is 18.2 Å². The van der Waals surface area contributed by atoms with Crippen molar-refractivity contribution in [2.75, 3.05) is 36.5 Å². The van der Waals surface area contributed by atoms with E-state index in [9.17, 15) is 18.0 Å². The molecule has 1 amide bonds. The van der Waals surface area contributed by atoms with Crippen LogP contribution >= 0.6 is 0 Å². The van der Waals surface area contributed by atoms with Crippen LogP contribution in [0, 0.1) is 6.92 Å². The van der Waals surface area contributed by atoms with Crippen LogP contribution in [0.15, 0.2) is 42.5 Å². The first-order valence-electron chi connectivity index (χ1n) is 8.27. The Morgan fingerprint density at radius 2 is 1.81 bits per heavy atom. The van der Waals surface area contributed by atoms with Crippen molar-refractivity contribution in [2.24, 2.45) is 0 Å². The van der Waals surface area contributed by atoms with Crippen LogP contribution in [0.3, 0.4) is 0 Å². The Hall–Kier alpha value is -2.54. The van der Waals surface area contributed by atoms with Crippen LogP contribution in [0.2, 0.25) is 0 Å². The molecule has 1 fully saturated rings. The molecule has 0 aromatic heterocycles. The molecule has 1 saturated heterocycles. The zero-order valence-electron chi connectivity index (χ0n) is 14.3. The normalized spacial score (nSPS) is 15.0. The highest BCUT2D eigenvalue weighted by Crippen LogP contribution is 2.37. The van der Waals surface area contributed by atoms with Crippen LogP contribution in [-0.4, -0.2) is 32.2 Å². The Kier molecular flexibility index (Phi) is 5.18. The number of ether oxygens (including phenoxy) is 1. The summed E-state index contributed by atoms with van der Waals surface area (Å²) in [5, 5.41) is 2.40. The number of morpholine rings is 1. The lowest BCUT2D eigenvalue weighted by molar-refractivity contribution is -0.136. The number of carbonyl (C=O) groups excluding carboxylic acids is 1. The minimum atomic E-state index is -4.57. The zero-order valence-corrected chi connectivity index (χ0v) is 14.3. The molecule has 3 rings (SSSR count). The quantitative estimate of drug-likeness (QED) is 0.892. The maximum absolute atomic E-state index is 13.5. The van der Waals surface area contributed by atoms with Gasteiger partial charge in [0.05, 0.1) is 24.5 Å². The van der Waals surface area contributed by atoms with Gasteiger partial charge in [0.2, 0.25) is 0 Å². The summed E-state index contributed by atoms with van der Waals surface area (Å²) < 4.78 is 45.8. The smallest absolute Gasteiger partial charge is 0.378 e. The van der Waals surface area contributed by atoms with E-state index in [1.54, 1.807) is 37.3 Å². The van der Waals surface area contributed by atoms with E-state index in [2.05, 4.69) is 5.32 Å². The number of nitrogens with one attached hydrogen (secondary N) is 1. The van der Waals surface area contributed by atoms with Crippen LogP contribution in [0.1, 0.15) is 21.5 Å². The molecule has 0 radical (unpaired) electrons. The van der Waals surface area contributed by atoms with Crippen molar-refractivity contribution < 1.29 is 22.7 Å². The third kappa shape index (κ3) is 3.99. The molecule has 2 aromatic carbocycles. The lowest BCUT2D eigenvalue weighted by Gasteiger charge is -2.29. The monoisotopic (exact) mass is 364 g/mol. The lowest BCUT2D eigenvalue weighted by atomic mass is 10.1. The summed E-state index contributed by atoms with van der Waals surface area (Å²) in [5.74, 6) is -0.562.